The van der Waals surface area contributed by atoms with Crippen LogP contribution in [-0.4, -0.2) is 0 Å². The Balaban J connectivity index is 1.82. The first-order valence-electron chi connectivity index (χ1n) is 6.53. The number of benzene rings is 2. The maximum atomic E-state index is 13.9. The largest absolute Gasteiger partial charge is 0.372 e. The molecule has 1 aliphatic rings. The van der Waals surface area contributed by atoms with Crippen molar-refractivity contribution in [2.45, 2.75) is 25.7 Å². The van der Waals surface area contributed by atoms with Gasteiger partial charge in [-0.3, -0.25) is 0 Å². The topological polar surface area (TPSA) is 35.2 Å². The molecule has 2 aromatic rings. The lowest BCUT2D eigenvalue weighted by molar-refractivity contribution is 0.134. The average molecular weight is 292 g/mol. The molecule has 0 aliphatic carbocycles. The molecule has 0 saturated carbocycles. The van der Waals surface area contributed by atoms with E-state index in [4.69, 9.17) is 22.1 Å². The highest BCUT2D eigenvalue weighted by molar-refractivity contribution is 6.30. The second kappa shape index (κ2) is 5.52. The van der Waals surface area contributed by atoms with Gasteiger partial charge in [-0.05, 0) is 34.7 Å². The van der Waals surface area contributed by atoms with Crippen LogP contribution in [0.3, 0.4) is 0 Å². The van der Waals surface area contributed by atoms with Gasteiger partial charge < -0.3 is 10.5 Å². The lowest BCUT2D eigenvalue weighted by Gasteiger charge is -2.14. The second-order valence-corrected chi connectivity index (χ2v) is 5.45. The number of nitrogens with two attached hydrogens (primary N) is 1. The summed E-state index contributed by atoms with van der Waals surface area (Å²) < 4.78 is 19.3. The van der Waals surface area contributed by atoms with Crippen LogP contribution in [0, 0.1) is 5.82 Å². The summed E-state index contributed by atoms with van der Waals surface area (Å²) in [6.45, 7) is 1.29. The molecule has 0 spiro atoms. The van der Waals surface area contributed by atoms with Gasteiger partial charge in [0.05, 0.1) is 18.2 Å². The van der Waals surface area contributed by atoms with Gasteiger partial charge >= 0.3 is 0 Å². The van der Waals surface area contributed by atoms with Crippen molar-refractivity contribution in [3.8, 4) is 0 Å². The Labute approximate surface area is 122 Å². The number of halogens is 2. The molecule has 104 valence electrons. The van der Waals surface area contributed by atoms with Gasteiger partial charge in [0.1, 0.15) is 5.82 Å². The van der Waals surface area contributed by atoms with Gasteiger partial charge in [0.25, 0.3) is 0 Å². The molecule has 1 unspecified atom stereocenters. The minimum Gasteiger partial charge on any atom is -0.372 e. The lowest BCUT2D eigenvalue weighted by Crippen LogP contribution is -2.14. The molecule has 20 heavy (non-hydrogen) atoms. The molecule has 0 saturated heterocycles. The fraction of sp³-hybridized carbons (Fsp3) is 0.250. The van der Waals surface area contributed by atoms with Crippen molar-refractivity contribution in [1.82, 2.24) is 0 Å². The van der Waals surface area contributed by atoms with Gasteiger partial charge in [-0.15, -0.1) is 0 Å². The molecule has 0 aromatic heterocycles. The van der Waals surface area contributed by atoms with E-state index in [1.54, 1.807) is 18.2 Å². The molecule has 3 rings (SSSR count). The van der Waals surface area contributed by atoms with Crippen LogP contribution in [0.2, 0.25) is 5.02 Å². The highest BCUT2D eigenvalue weighted by atomic mass is 35.5. The van der Waals surface area contributed by atoms with Crippen molar-refractivity contribution >= 4 is 11.6 Å². The number of hydrogen-bond donors (Lipinski definition) is 1. The summed E-state index contributed by atoms with van der Waals surface area (Å²) in [4.78, 5) is 0. The molecule has 0 fully saturated rings. The van der Waals surface area contributed by atoms with E-state index < -0.39 is 0 Å². The zero-order valence-corrected chi connectivity index (χ0v) is 11.7. The molecule has 4 heteroatoms. The Kier molecular flexibility index (Phi) is 3.74. The van der Waals surface area contributed by atoms with Crippen LogP contribution in [0.1, 0.15) is 28.3 Å². The molecular formula is C16H15ClFNO. The molecule has 2 N–H and O–H groups in total. The van der Waals surface area contributed by atoms with Gasteiger partial charge in [0, 0.05) is 6.04 Å². The number of ether oxygens (including phenoxy) is 1. The van der Waals surface area contributed by atoms with Crippen molar-refractivity contribution in [3.63, 3.8) is 0 Å². The molecule has 0 radical (unpaired) electrons. The summed E-state index contributed by atoms with van der Waals surface area (Å²) in [6, 6.07) is 10.8. The van der Waals surface area contributed by atoms with Crippen molar-refractivity contribution in [2.24, 2.45) is 5.73 Å². The fourth-order valence-corrected chi connectivity index (χ4v) is 2.68. The van der Waals surface area contributed by atoms with E-state index in [-0.39, 0.29) is 16.9 Å². The fourth-order valence-electron chi connectivity index (χ4n) is 2.48. The van der Waals surface area contributed by atoms with Gasteiger partial charge in [-0.2, -0.15) is 0 Å². The highest BCUT2D eigenvalue weighted by Gasteiger charge is 2.16. The van der Waals surface area contributed by atoms with Gasteiger partial charge in [0.2, 0.25) is 0 Å². The van der Waals surface area contributed by atoms with Crippen LogP contribution in [0.5, 0.6) is 0 Å². The quantitative estimate of drug-likeness (QED) is 0.935. The normalized spacial score (nSPS) is 15.2. The maximum Gasteiger partial charge on any atom is 0.145 e. The SMILES string of the molecule is NC(Cc1cccc(Cl)c1F)c1ccc2c(c1)COC2. The molecule has 1 heterocycles. The molecule has 2 nitrogen and oxygen atoms in total. The van der Waals surface area contributed by atoms with Crippen LogP contribution < -0.4 is 5.73 Å². The third-order valence-electron chi connectivity index (χ3n) is 3.65. The smallest absolute Gasteiger partial charge is 0.145 e. The summed E-state index contributed by atoms with van der Waals surface area (Å²) in [5.41, 5.74) is 10.1. The molecule has 2 aromatic carbocycles. The Hall–Kier alpha value is -1.42. The summed E-state index contributed by atoms with van der Waals surface area (Å²) in [7, 11) is 0. The molecule has 1 atom stereocenters. The van der Waals surface area contributed by atoms with E-state index in [2.05, 4.69) is 6.07 Å². The zero-order valence-electron chi connectivity index (χ0n) is 10.9. The molecule has 0 amide bonds. The molecule has 1 aliphatic heterocycles. The third kappa shape index (κ3) is 2.57. The first-order chi connectivity index (χ1) is 9.65. The van der Waals surface area contributed by atoms with E-state index in [1.165, 1.54) is 11.1 Å². The number of hydrogen-bond acceptors (Lipinski definition) is 2. The van der Waals surface area contributed by atoms with Gasteiger partial charge in [-0.25, -0.2) is 4.39 Å². The van der Waals surface area contributed by atoms with E-state index >= 15 is 0 Å². The summed E-state index contributed by atoms with van der Waals surface area (Å²) in [5, 5.41) is 0.136. The highest BCUT2D eigenvalue weighted by Crippen LogP contribution is 2.26. The predicted molar refractivity (Wildman–Crippen MR) is 77.0 cm³/mol. The van der Waals surface area contributed by atoms with Crippen molar-refractivity contribution in [1.29, 1.82) is 0 Å². The van der Waals surface area contributed by atoms with Crippen molar-refractivity contribution in [3.05, 3.63) is 69.5 Å². The van der Waals surface area contributed by atoms with Crippen LogP contribution in [0.15, 0.2) is 36.4 Å². The van der Waals surface area contributed by atoms with Crippen molar-refractivity contribution in [2.75, 3.05) is 0 Å². The third-order valence-corrected chi connectivity index (χ3v) is 3.94. The first kappa shape index (κ1) is 13.6. The van der Waals surface area contributed by atoms with E-state index in [0.717, 1.165) is 5.56 Å². The zero-order chi connectivity index (χ0) is 14.1. The standard InChI is InChI=1S/C16H15ClFNO/c17-14-3-1-2-11(16(14)18)7-15(19)10-4-5-12-8-20-9-13(12)6-10/h1-6,15H,7-9,19H2. The number of fused-ring (bicyclic) bond motifs is 1. The number of rotatable bonds is 3. The lowest BCUT2D eigenvalue weighted by atomic mass is 9.96. The minimum absolute atomic E-state index is 0.136. The average Bonchev–Trinajstić information content (AvgIpc) is 2.91. The molecule has 0 bridgehead atoms. The predicted octanol–water partition coefficient (Wildman–Crippen LogP) is 3.75. The Morgan fingerprint density at radius 1 is 1.20 bits per heavy atom. The summed E-state index contributed by atoms with van der Waals surface area (Å²) in [6.07, 6.45) is 0.423. The monoisotopic (exact) mass is 291 g/mol. The summed E-state index contributed by atoms with van der Waals surface area (Å²) >= 11 is 5.79. The van der Waals surface area contributed by atoms with E-state index in [1.807, 2.05) is 12.1 Å². The van der Waals surface area contributed by atoms with Crippen LogP contribution in [0.25, 0.3) is 0 Å². The van der Waals surface area contributed by atoms with E-state index in [0.29, 0.717) is 25.2 Å². The summed E-state index contributed by atoms with van der Waals surface area (Å²) in [5.74, 6) is -0.380. The van der Waals surface area contributed by atoms with Crippen molar-refractivity contribution < 1.29 is 9.13 Å². The Morgan fingerprint density at radius 3 is 2.85 bits per heavy atom. The Morgan fingerprint density at radius 2 is 2.00 bits per heavy atom. The Bertz CT molecular complexity index is 644. The van der Waals surface area contributed by atoms with E-state index in [9.17, 15) is 4.39 Å². The molecular weight excluding hydrogens is 277 g/mol. The minimum atomic E-state index is -0.380. The van der Waals surface area contributed by atoms with Crippen LogP contribution in [0.4, 0.5) is 4.39 Å². The van der Waals surface area contributed by atoms with Crippen LogP contribution >= 0.6 is 11.6 Å². The van der Waals surface area contributed by atoms with Gasteiger partial charge in [0.15, 0.2) is 0 Å². The maximum absolute atomic E-state index is 13.9. The second-order valence-electron chi connectivity index (χ2n) is 5.04. The van der Waals surface area contributed by atoms with Gasteiger partial charge in [-0.1, -0.05) is 41.9 Å². The van der Waals surface area contributed by atoms with Crippen LogP contribution in [-0.2, 0) is 24.4 Å². The first-order valence-corrected chi connectivity index (χ1v) is 6.91.